The smallest absolute Gasteiger partial charge is 0.233 e. The molecule has 1 N–H and O–H groups in total. The minimum Gasteiger partial charge on any atom is -0.406 e. The zero-order chi connectivity index (χ0) is 25.1. The molecule has 2 fully saturated rings. The van der Waals surface area contributed by atoms with Gasteiger partial charge in [-0.2, -0.15) is 0 Å². The van der Waals surface area contributed by atoms with Gasteiger partial charge in [0.25, 0.3) is 0 Å². The number of aromatic nitrogens is 4. The van der Waals surface area contributed by atoms with Crippen molar-refractivity contribution in [1.82, 2.24) is 24.5 Å². The fourth-order valence-electron chi connectivity index (χ4n) is 6.13. The van der Waals surface area contributed by atoms with E-state index in [4.69, 9.17) is 4.99 Å². The van der Waals surface area contributed by atoms with Crippen LogP contribution in [0.2, 0.25) is 0 Å². The zero-order valence-corrected chi connectivity index (χ0v) is 23.6. The summed E-state index contributed by atoms with van der Waals surface area (Å²) in [6, 6.07) is 19.7. The van der Waals surface area contributed by atoms with E-state index in [0.29, 0.717) is 18.4 Å². The molecule has 4 aromatic rings. The van der Waals surface area contributed by atoms with Crippen molar-refractivity contribution in [2.45, 2.75) is 62.8 Å². The van der Waals surface area contributed by atoms with Crippen LogP contribution in [-0.4, -0.2) is 43.5 Å². The number of nitrogens with zero attached hydrogens (tertiary/aromatic N) is 5. The predicted octanol–water partition coefficient (Wildman–Crippen LogP) is 4.56. The molecule has 0 atom stereocenters. The Labute approximate surface area is 237 Å². The topological polar surface area (TPSA) is 78.7 Å². The van der Waals surface area contributed by atoms with E-state index in [0.717, 1.165) is 74.0 Å². The quantitative estimate of drug-likeness (QED) is 0.274. The summed E-state index contributed by atoms with van der Waals surface area (Å²) < 4.78 is 1.80. The van der Waals surface area contributed by atoms with E-state index in [1.807, 2.05) is 24.4 Å². The normalized spacial score (nSPS) is 18.3. The van der Waals surface area contributed by atoms with Gasteiger partial charge in [0.15, 0.2) is 0 Å². The number of hydrogen-bond donors (Lipinski definition) is 1. The molecule has 2 aliphatic rings. The van der Waals surface area contributed by atoms with Gasteiger partial charge >= 0.3 is 0 Å². The van der Waals surface area contributed by atoms with Crippen LogP contribution >= 0.6 is 0 Å². The van der Waals surface area contributed by atoms with Gasteiger partial charge < -0.3 is 16.0 Å². The first-order valence-electron chi connectivity index (χ1n) is 13.5. The number of H-pyrrole nitrogens is 1. The van der Waals surface area contributed by atoms with Gasteiger partial charge in [0.1, 0.15) is 5.49 Å². The van der Waals surface area contributed by atoms with E-state index in [1.165, 1.54) is 12.0 Å². The van der Waals surface area contributed by atoms with Crippen LogP contribution in [0.3, 0.4) is 0 Å². The van der Waals surface area contributed by atoms with Crippen molar-refractivity contribution >= 4 is 11.6 Å². The Morgan fingerprint density at radius 1 is 1.08 bits per heavy atom. The maximum Gasteiger partial charge on any atom is 0.233 e. The Morgan fingerprint density at radius 3 is 2.61 bits per heavy atom. The molecule has 1 saturated heterocycles. The monoisotopic (exact) mass is 591 g/mol. The van der Waals surface area contributed by atoms with E-state index >= 15 is 0 Å². The summed E-state index contributed by atoms with van der Waals surface area (Å²) in [6.45, 7) is 2.10. The minimum atomic E-state index is -0.359. The molecule has 6 rings (SSSR count). The van der Waals surface area contributed by atoms with Crippen molar-refractivity contribution in [2.24, 2.45) is 4.99 Å². The zero-order valence-electron chi connectivity index (χ0n) is 21.6. The number of rotatable bonds is 5. The molecule has 1 amide bonds. The van der Waals surface area contributed by atoms with E-state index in [9.17, 15) is 4.79 Å². The van der Waals surface area contributed by atoms with Crippen LogP contribution in [0.4, 0.5) is 0 Å². The molecule has 3 aromatic heterocycles. The molecule has 4 heterocycles. The summed E-state index contributed by atoms with van der Waals surface area (Å²) in [5, 5.41) is 4.41. The molecule has 0 spiro atoms. The second-order valence-electron chi connectivity index (χ2n) is 10.4. The van der Waals surface area contributed by atoms with Crippen LogP contribution in [0.25, 0.3) is 5.65 Å². The molecule has 1 aromatic carbocycles. The average Bonchev–Trinajstić information content (AvgIpc) is 3.46. The van der Waals surface area contributed by atoms with E-state index < -0.39 is 0 Å². The number of carbonyl (C=O) groups excluding carboxylic acids is 1. The van der Waals surface area contributed by atoms with Crippen LogP contribution in [0.15, 0.2) is 72.1 Å². The summed E-state index contributed by atoms with van der Waals surface area (Å²) in [5.74, 6) is 0.663. The number of pyridine rings is 1. The average molecular weight is 590 g/mol. The molecular formula is C30H33MoN6O-. The van der Waals surface area contributed by atoms with E-state index in [2.05, 4.69) is 56.4 Å². The van der Waals surface area contributed by atoms with Gasteiger partial charge in [0.2, 0.25) is 5.91 Å². The molecule has 1 saturated carbocycles. The Balaban J connectivity index is 0.00000294. The maximum absolute atomic E-state index is 14.0. The minimum absolute atomic E-state index is 0. The number of amides is 1. The van der Waals surface area contributed by atoms with Crippen LogP contribution in [0.5, 0.6) is 0 Å². The van der Waals surface area contributed by atoms with Gasteiger partial charge in [0.05, 0.1) is 12.0 Å². The fraction of sp³-hybridized carbons (Fsp3) is 0.400. The standard InChI is InChI=1S/C30H33N6O.Mo/c37-29(30(14-5-2-6-15-30)25-9-3-1-4-10-25)35-18-12-24(13-19-35)26-20-28(36-27(34-26)11-17-33-36)32-22-23-8-7-16-31-21-23;/h1,3-4,7-10,16-17,20-21,24,34H,2,5-6,12-15,18-19,22H2;/q-1;. The molecule has 1 aliphatic carbocycles. The van der Waals surface area contributed by atoms with Crippen molar-refractivity contribution < 1.29 is 25.9 Å². The molecule has 196 valence electrons. The van der Waals surface area contributed by atoms with Gasteiger partial charge in [-0.1, -0.05) is 55.7 Å². The third-order valence-corrected chi connectivity index (χ3v) is 8.16. The van der Waals surface area contributed by atoms with Crippen LogP contribution in [0.1, 0.15) is 67.7 Å². The third kappa shape index (κ3) is 5.26. The summed E-state index contributed by atoms with van der Waals surface area (Å²) in [7, 11) is 0. The molecular weight excluding hydrogens is 556 g/mol. The number of hydrogen-bond acceptors (Lipinski definition) is 4. The third-order valence-electron chi connectivity index (χ3n) is 8.16. The van der Waals surface area contributed by atoms with Gasteiger partial charge in [-0.25, -0.2) is 9.61 Å². The first-order valence-corrected chi connectivity index (χ1v) is 13.5. The summed E-state index contributed by atoms with van der Waals surface area (Å²) >= 11 is 0. The summed E-state index contributed by atoms with van der Waals surface area (Å²) in [5.41, 5.74) is 4.64. The number of carbonyl (C=O) groups is 1. The Bertz CT molecular complexity index is 1420. The molecule has 0 bridgehead atoms. The molecule has 0 unspecified atom stereocenters. The molecule has 0 radical (unpaired) electrons. The Kier molecular flexibility index (Phi) is 8.23. The second-order valence-corrected chi connectivity index (χ2v) is 10.4. The van der Waals surface area contributed by atoms with Crippen molar-refractivity contribution in [3.63, 3.8) is 0 Å². The number of aromatic amines is 1. The second kappa shape index (κ2) is 11.8. The van der Waals surface area contributed by atoms with Crippen molar-refractivity contribution in [3.8, 4) is 0 Å². The maximum atomic E-state index is 14.0. The van der Waals surface area contributed by atoms with Crippen molar-refractivity contribution in [1.29, 1.82) is 0 Å². The first kappa shape index (κ1) is 26.6. The number of likely N-dealkylation sites (tertiary alicyclic amines) is 1. The first-order chi connectivity index (χ1) is 18.2. The van der Waals surface area contributed by atoms with Crippen LogP contribution < -0.4 is 5.49 Å². The van der Waals surface area contributed by atoms with Crippen molar-refractivity contribution in [2.75, 3.05) is 13.1 Å². The Hall–Kier alpha value is -3.05. The number of benzene rings is 1. The summed E-state index contributed by atoms with van der Waals surface area (Å²) in [4.78, 5) is 28.7. The number of nitrogens with one attached hydrogen (secondary N) is 1. The largest absolute Gasteiger partial charge is 0.406 e. The van der Waals surface area contributed by atoms with Gasteiger partial charge in [-0.3, -0.25) is 14.8 Å². The number of fused-ring (bicyclic) bond motifs is 1. The van der Waals surface area contributed by atoms with E-state index in [-0.39, 0.29) is 26.5 Å². The van der Waals surface area contributed by atoms with Gasteiger partial charge in [-0.15, -0.1) is 6.20 Å². The molecule has 8 heteroatoms. The number of piperidine rings is 1. The van der Waals surface area contributed by atoms with Gasteiger partial charge in [-0.05, 0) is 48.5 Å². The van der Waals surface area contributed by atoms with Crippen molar-refractivity contribution in [3.05, 3.63) is 95.5 Å². The van der Waals surface area contributed by atoms with E-state index in [1.54, 1.807) is 16.9 Å². The predicted molar refractivity (Wildman–Crippen MR) is 142 cm³/mol. The molecule has 1 aliphatic heterocycles. The SMILES string of the molecule is O=C(N1CCC(c2cc(=NCc3cccnc3)n3nc[c-]c3[nH]2)CC1)C1(c2ccccc2)CCCCC1.[Mo]. The molecule has 7 nitrogen and oxygen atoms in total. The van der Waals surface area contributed by atoms with Gasteiger partial charge in [0, 0.05) is 64.2 Å². The van der Waals surface area contributed by atoms with Crippen LogP contribution in [-0.2, 0) is 37.8 Å². The van der Waals surface area contributed by atoms with Crippen LogP contribution in [0, 0.1) is 6.07 Å². The molecule has 38 heavy (non-hydrogen) atoms. The summed E-state index contributed by atoms with van der Waals surface area (Å²) in [6.07, 6.45) is 12.5. The Morgan fingerprint density at radius 2 is 1.87 bits per heavy atom. The fourth-order valence-corrected chi connectivity index (χ4v) is 6.13.